The highest BCUT2D eigenvalue weighted by molar-refractivity contribution is 9.10. The fourth-order valence-corrected chi connectivity index (χ4v) is 1.60. The van der Waals surface area contributed by atoms with Crippen molar-refractivity contribution in [2.24, 2.45) is 5.73 Å². The summed E-state index contributed by atoms with van der Waals surface area (Å²) in [4.78, 5) is 0. The Kier molecular flexibility index (Phi) is 4.48. The molecule has 0 aliphatic rings. The molecule has 0 heterocycles. The molecule has 0 fully saturated rings. The van der Waals surface area contributed by atoms with Crippen LogP contribution in [-0.4, -0.2) is 12.5 Å². The third-order valence-corrected chi connectivity index (χ3v) is 2.47. The van der Waals surface area contributed by atoms with Crippen molar-refractivity contribution in [3.05, 3.63) is 34.3 Å². The number of nitrogens with two attached hydrogens (primary N) is 1. The molecule has 2 N–H and O–H groups in total. The minimum absolute atomic E-state index is 0.314. The Morgan fingerprint density at radius 1 is 1.36 bits per heavy atom. The van der Waals surface area contributed by atoms with Gasteiger partial charge >= 0.3 is 0 Å². The molecule has 0 aromatic heterocycles. The topological polar surface area (TPSA) is 26.0 Å². The van der Waals surface area contributed by atoms with Crippen LogP contribution in [0.15, 0.2) is 28.7 Å². The monoisotopic (exact) mass is 263 g/mol. The predicted molar refractivity (Wildman–Crippen MR) is 56.4 cm³/mol. The molecule has 14 heavy (non-hydrogen) atoms. The van der Waals surface area contributed by atoms with Gasteiger partial charge in [0, 0.05) is 4.47 Å². The van der Waals surface area contributed by atoms with E-state index in [-0.39, 0.29) is 0 Å². The number of alkyl halides is 2. The Labute approximate surface area is 90.4 Å². The summed E-state index contributed by atoms with van der Waals surface area (Å²) < 4.78 is 25.1. The van der Waals surface area contributed by atoms with Crippen molar-refractivity contribution in [3.8, 4) is 0 Å². The van der Waals surface area contributed by atoms with Gasteiger partial charge in [0.25, 0.3) is 6.43 Å². The Morgan fingerprint density at radius 3 is 2.64 bits per heavy atom. The van der Waals surface area contributed by atoms with E-state index in [1.165, 1.54) is 0 Å². The maximum absolute atomic E-state index is 12.1. The minimum Gasteiger partial charge on any atom is -0.323 e. The summed E-state index contributed by atoms with van der Waals surface area (Å²) in [5.41, 5.74) is 6.26. The first-order chi connectivity index (χ1) is 6.59. The quantitative estimate of drug-likeness (QED) is 0.888. The molecule has 1 nitrogen and oxygen atoms in total. The van der Waals surface area contributed by atoms with Crippen molar-refractivity contribution in [1.82, 2.24) is 0 Å². The third-order valence-electron chi connectivity index (χ3n) is 1.98. The summed E-state index contributed by atoms with van der Waals surface area (Å²) in [5.74, 6) is 0. The highest BCUT2D eigenvalue weighted by atomic mass is 79.9. The van der Waals surface area contributed by atoms with Crippen molar-refractivity contribution in [2.45, 2.75) is 25.3 Å². The Morgan fingerprint density at radius 2 is 2.07 bits per heavy atom. The van der Waals surface area contributed by atoms with Gasteiger partial charge in [0.1, 0.15) is 0 Å². The summed E-state index contributed by atoms with van der Waals surface area (Å²) >= 11 is 3.32. The van der Waals surface area contributed by atoms with Crippen molar-refractivity contribution < 1.29 is 8.78 Å². The molecule has 4 heteroatoms. The number of aryl methyl sites for hydroxylation is 1. The highest BCUT2D eigenvalue weighted by Crippen LogP contribution is 2.14. The molecule has 0 aliphatic carbocycles. The van der Waals surface area contributed by atoms with Gasteiger partial charge in [-0.05, 0) is 30.5 Å². The Bertz CT molecular complexity index is 291. The number of halogens is 3. The smallest absolute Gasteiger partial charge is 0.253 e. The molecular weight excluding hydrogens is 252 g/mol. The summed E-state index contributed by atoms with van der Waals surface area (Å²) in [7, 11) is 0. The molecule has 0 bridgehead atoms. The maximum atomic E-state index is 12.1. The number of hydrogen-bond acceptors (Lipinski definition) is 1. The molecule has 0 spiro atoms. The normalized spacial score (nSPS) is 13.2. The van der Waals surface area contributed by atoms with Crippen molar-refractivity contribution in [2.75, 3.05) is 0 Å². The second kappa shape index (κ2) is 5.41. The largest absolute Gasteiger partial charge is 0.323 e. The average molecular weight is 264 g/mol. The van der Waals surface area contributed by atoms with Crippen LogP contribution in [0.2, 0.25) is 0 Å². The second-order valence-electron chi connectivity index (χ2n) is 3.17. The van der Waals surface area contributed by atoms with E-state index in [0.717, 1.165) is 10.0 Å². The van der Waals surface area contributed by atoms with E-state index in [1.807, 2.05) is 24.3 Å². The lowest BCUT2D eigenvalue weighted by Gasteiger charge is -2.09. The first-order valence-electron chi connectivity index (χ1n) is 4.38. The maximum Gasteiger partial charge on any atom is 0.253 e. The Hall–Kier alpha value is -0.480. The summed E-state index contributed by atoms with van der Waals surface area (Å²) in [6, 6.07) is 6.58. The van der Waals surface area contributed by atoms with Crippen molar-refractivity contribution in [3.63, 3.8) is 0 Å². The van der Waals surface area contributed by atoms with Crippen molar-refractivity contribution in [1.29, 1.82) is 0 Å². The molecule has 0 radical (unpaired) electrons. The van der Waals surface area contributed by atoms with E-state index >= 15 is 0 Å². The lowest BCUT2D eigenvalue weighted by Crippen LogP contribution is -2.28. The van der Waals surface area contributed by atoms with Crippen LogP contribution in [-0.2, 0) is 6.42 Å². The summed E-state index contributed by atoms with van der Waals surface area (Å²) in [6.07, 6.45) is -1.53. The van der Waals surface area contributed by atoms with Gasteiger partial charge in [0.15, 0.2) is 0 Å². The van der Waals surface area contributed by atoms with Gasteiger partial charge in [-0.3, -0.25) is 0 Å². The lowest BCUT2D eigenvalue weighted by molar-refractivity contribution is 0.112. The molecule has 1 rings (SSSR count). The molecule has 1 atom stereocenters. The van der Waals surface area contributed by atoms with Gasteiger partial charge in [0.2, 0.25) is 0 Å². The SMILES string of the molecule is NC(CCc1cccc(Br)c1)C(F)F. The van der Waals surface area contributed by atoms with E-state index in [0.29, 0.717) is 12.8 Å². The number of benzene rings is 1. The van der Waals surface area contributed by atoms with Crippen LogP contribution < -0.4 is 5.73 Å². The van der Waals surface area contributed by atoms with Gasteiger partial charge in [-0.25, -0.2) is 8.78 Å². The first-order valence-corrected chi connectivity index (χ1v) is 5.17. The van der Waals surface area contributed by atoms with Gasteiger partial charge < -0.3 is 5.73 Å². The van der Waals surface area contributed by atoms with E-state index in [9.17, 15) is 8.78 Å². The van der Waals surface area contributed by atoms with Gasteiger partial charge in [0.05, 0.1) is 6.04 Å². The lowest BCUT2D eigenvalue weighted by atomic mass is 10.1. The minimum atomic E-state index is -2.43. The number of hydrogen-bond donors (Lipinski definition) is 1. The fourth-order valence-electron chi connectivity index (χ4n) is 1.15. The zero-order valence-corrected chi connectivity index (χ0v) is 9.18. The second-order valence-corrected chi connectivity index (χ2v) is 4.08. The van der Waals surface area contributed by atoms with Gasteiger partial charge in [-0.15, -0.1) is 0 Å². The van der Waals surface area contributed by atoms with Gasteiger partial charge in [-0.1, -0.05) is 28.1 Å². The van der Waals surface area contributed by atoms with Crippen LogP contribution in [0.5, 0.6) is 0 Å². The molecule has 0 saturated heterocycles. The first kappa shape index (κ1) is 11.6. The van der Waals surface area contributed by atoms with E-state index in [1.54, 1.807) is 0 Å². The Balaban J connectivity index is 2.45. The highest BCUT2D eigenvalue weighted by Gasteiger charge is 2.14. The summed E-state index contributed by atoms with van der Waals surface area (Å²) in [5, 5.41) is 0. The van der Waals surface area contributed by atoms with Crippen molar-refractivity contribution >= 4 is 15.9 Å². The molecule has 78 valence electrons. The third kappa shape index (κ3) is 3.72. The van der Waals surface area contributed by atoms with Crippen LogP contribution in [0.4, 0.5) is 8.78 Å². The zero-order valence-electron chi connectivity index (χ0n) is 7.59. The average Bonchev–Trinajstić information content (AvgIpc) is 2.14. The molecule has 0 saturated carbocycles. The molecule has 0 aliphatic heterocycles. The number of rotatable bonds is 4. The van der Waals surface area contributed by atoms with Gasteiger partial charge in [-0.2, -0.15) is 0 Å². The predicted octanol–water partition coefficient (Wildman–Crippen LogP) is 2.97. The van der Waals surface area contributed by atoms with E-state index in [4.69, 9.17) is 5.73 Å². The van der Waals surface area contributed by atoms with Crippen LogP contribution in [0, 0.1) is 0 Å². The molecule has 1 unspecified atom stereocenters. The molecule has 1 aromatic rings. The molecule has 1 aromatic carbocycles. The molecule has 0 amide bonds. The van der Waals surface area contributed by atoms with Crippen LogP contribution >= 0.6 is 15.9 Å². The van der Waals surface area contributed by atoms with E-state index < -0.39 is 12.5 Å². The zero-order chi connectivity index (χ0) is 10.6. The molecular formula is C10H12BrF2N. The van der Waals surface area contributed by atoms with E-state index in [2.05, 4.69) is 15.9 Å². The van der Waals surface area contributed by atoms with Crippen LogP contribution in [0.1, 0.15) is 12.0 Å². The summed E-state index contributed by atoms with van der Waals surface area (Å²) in [6.45, 7) is 0. The fraction of sp³-hybridized carbons (Fsp3) is 0.400. The van der Waals surface area contributed by atoms with Crippen LogP contribution in [0.3, 0.4) is 0 Å². The standard InChI is InChI=1S/C10H12BrF2N/c11-8-3-1-2-7(6-8)4-5-9(14)10(12)13/h1-3,6,9-10H,4-5,14H2. The van der Waals surface area contributed by atoms with Crippen LogP contribution in [0.25, 0.3) is 0 Å².